The molecule has 0 bridgehead atoms. The van der Waals surface area contributed by atoms with Crippen LogP contribution in [0.2, 0.25) is 0 Å². The predicted octanol–water partition coefficient (Wildman–Crippen LogP) is 3.40. The van der Waals surface area contributed by atoms with E-state index in [-0.39, 0.29) is 5.92 Å². The lowest BCUT2D eigenvalue weighted by Gasteiger charge is -2.43. The van der Waals surface area contributed by atoms with E-state index >= 15 is 0 Å². The van der Waals surface area contributed by atoms with E-state index in [2.05, 4.69) is 55.1 Å². The van der Waals surface area contributed by atoms with Gasteiger partial charge in [0.05, 0.1) is 18.8 Å². The van der Waals surface area contributed by atoms with Crippen molar-refractivity contribution in [2.45, 2.75) is 57.0 Å². The molecule has 0 aromatic heterocycles. The maximum absolute atomic E-state index is 13.7. The van der Waals surface area contributed by atoms with Gasteiger partial charge in [0.25, 0.3) is 0 Å². The molecule has 4 nitrogen and oxygen atoms in total. The van der Waals surface area contributed by atoms with Crippen molar-refractivity contribution in [1.29, 1.82) is 0 Å². The molecule has 1 saturated carbocycles. The van der Waals surface area contributed by atoms with Crippen LogP contribution < -0.4 is 0 Å². The van der Waals surface area contributed by atoms with Gasteiger partial charge in [-0.05, 0) is 58.2 Å². The van der Waals surface area contributed by atoms with Crippen LogP contribution in [0.3, 0.4) is 0 Å². The average Bonchev–Trinajstić information content (AvgIpc) is 2.73. The Labute approximate surface area is 164 Å². The fourth-order valence-corrected chi connectivity index (χ4v) is 5.04. The highest BCUT2D eigenvalue weighted by molar-refractivity contribution is 5.90. The second-order valence-electron chi connectivity index (χ2n) is 8.46. The molecule has 0 amide bonds. The summed E-state index contributed by atoms with van der Waals surface area (Å²) in [6.45, 7) is 5.98. The largest absolute Gasteiger partial charge is 0.379 e. The highest BCUT2D eigenvalue weighted by Crippen LogP contribution is 2.35. The van der Waals surface area contributed by atoms with Gasteiger partial charge in [0.1, 0.15) is 0 Å². The van der Waals surface area contributed by atoms with Crippen LogP contribution in [0, 0.1) is 5.92 Å². The lowest BCUT2D eigenvalue weighted by molar-refractivity contribution is -0.136. The second kappa shape index (κ2) is 9.31. The van der Waals surface area contributed by atoms with Gasteiger partial charge in [-0.3, -0.25) is 14.6 Å². The highest BCUT2D eigenvalue weighted by Gasteiger charge is 2.43. The summed E-state index contributed by atoms with van der Waals surface area (Å²) in [5.74, 6) is 0.660. The van der Waals surface area contributed by atoms with E-state index in [0.29, 0.717) is 11.8 Å². The molecule has 1 aliphatic carbocycles. The molecule has 1 unspecified atom stereocenters. The third kappa shape index (κ3) is 4.61. The quantitative estimate of drug-likeness (QED) is 0.734. The SMILES string of the molecule is CCC(Cc1ccccc1)(C(=O)C1CCC(N2CCOCC2)CC1)N(C)C. The number of ketones is 1. The third-order valence-electron chi connectivity index (χ3n) is 6.87. The van der Waals surface area contributed by atoms with Gasteiger partial charge in [-0.25, -0.2) is 0 Å². The van der Waals surface area contributed by atoms with Crippen LogP contribution in [0.5, 0.6) is 0 Å². The molecule has 3 rings (SSSR count). The van der Waals surface area contributed by atoms with Gasteiger partial charge in [0.2, 0.25) is 0 Å². The van der Waals surface area contributed by atoms with Gasteiger partial charge in [-0.15, -0.1) is 0 Å². The number of nitrogens with zero attached hydrogens (tertiary/aromatic N) is 2. The Morgan fingerprint density at radius 1 is 1.11 bits per heavy atom. The van der Waals surface area contributed by atoms with Crippen LogP contribution >= 0.6 is 0 Å². The average molecular weight is 373 g/mol. The van der Waals surface area contributed by atoms with Gasteiger partial charge in [-0.2, -0.15) is 0 Å². The summed E-state index contributed by atoms with van der Waals surface area (Å²) in [6.07, 6.45) is 6.02. The molecular weight excluding hydrogens is 336 g/mol. The maximum Gasteiger partial charge on any atom is 0.156 e. The van der Waals surface area contributed by atoms with Gasteiger partial charge in [0.15, 0.2) is 5.78 Å². The summed E-state index contributed by atoms with van der Waals surface area (Å²) in [4.78, 5) is 18.5. The second-order valence-corrected chi connectivity index (χ2v) is 8.46. The number of hydrogen-bond donors (Lipinski definition) is 0. The molecule has 1 saturated heterocycles. The molecule has 0 N–H and O–H groups in total. The van der Waals surface area contributed by atoms with E-state index in [9.17, 15) is 4.79 Å². The van der Waals surface area contributed by atoms with Gasteiger partial charge in [0, 0.05) is 25.0 Å². The normalized spacial score (nSPS) is 26.7. The first kappa shape index (κ1) is 20.5. The Morgan fingerprint density at radius 3 is 2.30 bits per heavy atom. The Morgan fingerprint density at radius 2 is 1.74 bits per heavy atom. The lowest BCUT2D eigenvalue weighted by Crippen LogP contribution is -2.55. The first-order chi connectivity index (χ1) is 13.1. The minimum absolute atomic E-state index is 0.202. The predicted molar refractivity (Wildman–Crippen MR) is 110 cm³/mol. The number of carbonyl (C=O) groups is 1. The zero-order valence-corrected chi connectivity index (χ0v) is 17.3. The Kier molecular flexibility index (Phi) is 7.07. The van der Waals surface area contributed by atoms with Crippen molar-refractivity contribution in [1.82, 2.24) is 9.80 Å². The van der Waals surface area contributed by atoms with Gasteiger partial charge >= 0.3 is 0 Å². The number of Topliss-reactive ketones (excluding diaryl/α,β-unsaturated/α-hetero) is 1. The minimum Gasteiger partial charge on any atom is -0.379 e. The Balaban J connectivity index is 1.67. The number of ether oxygens (including phenoxy) is 1. The molecule has 1 atom stereocenters. The molecule has 1 aromatic rings. The summed E-state index contributed by atoms with van der Waals surface area (Å²) >= 11 is 0. The fraction of sp³-hybridized carbons (Fsp3) is 0.696. The standard InChI is InChI=1S/C23H36N2O2/c1-4-23(24(2)3,18-19-8-6-5-7-9-19)22(26)20-10-12-21(13-11-20)25-14-16-27-17-15-25/h5-9,20-21H,4,10-18H2,1-3H3. The molecule has 0 radical (unpaired) electrons. The van der Waals surface area contributed by atoms with E-state index in [1.807, 2.05) is 6.07 Å². The maximum atomic E-state index is 13.7. The van der Waals surface area contributed by atoms with E-state index in [4.69, 9.17) is 4.74 Å². The summed E-state index contributed by atoms with van der Waals surface area (Å²) in [5.41, 5.74) is 0.862. The lowest BCUT2D eigenvalue weighted by atomic mass is 9.72. The zero-order chi connectivity index (χ0) is 19.3. The Bertz CT molecular complexity index is 590. The van der Waals surface area contributed by atoms with Crippen molar-refractivity contribution in [3.8, 4) is 0 Å². The van der Waals surface area contributed by atoms with Crippen LogP contribution in [0.4, 0.5) is 0 Å². The smallest absolute Gasteiger partial charge is 0.156 e. The van der Waals surface area contributed by atoms with Gasteiger partial charge < -0.3 is 4.74 Å². The zero-order valence-electron chi connectivity index (χ0n) is 17.3. The number of carbonyl (C=O) groups excluding carboxylic acids is 1. The summed E-state index contributed by atoms with van der Waals surface area (Å²) in [5, 5.41) is 0. The van der Waals surface area contributed by atoms with Crippen LogP contribution in [0.25, 0.3) is 0 Å². The molecule has 2 fully saturated rings. The highest BCUT2D eigenvalue weighted by atomic mass is 16.5. The molecular formula is C23H36N2O2. The van der Waals surface area contributed by atoms with E-state index in [0.717, 1.165) is 64.8 Å². The van der Waals surface area contributed by atoms with Crippen molar-refractivity contribution in [2.75, 3.05) is 40.4 Å². The molecule has 1 heterocycles. The summed E-state index contributed by atoms with van der Waals surface area (Å²) < 4.78 is 5.49. The molecule has 27 heavy (non-hydrogen) atoms. The van der Waals surface area contributed by atoms with Crippen LogP contribution in [-0.4, -0.2) is 67.6 Å². The number of rotatable bonds is 7. The molecule has 1 aliphatic heterocycles. The Hall–Kier alpha value is -1.23. The summed E-state index contributed by atoms with van der Waals surface area (Å²) in [6, 6.07) is 11.1. The number of likely N-dealkylation sites (N-methyl/N-ethyl adjacent to an activating group) is 1. The van der Waals surface area contributed by atoms with Crippen molar-refractivity contribution >= 4 is 5.78 Å². The van der Waals surface area contributed by atoms with E-state index in [1.54, 1.807) is 0 Å². The van der Waals surface area contributed by atoms with Crippen molar-refractivity contribution in [3.05, 3.63) is 35.9 Å². The molecule has 0 spiro atoms. The van der Waals surface area contributed by atoms with Crippen LogP contribution in [0.15, 0.2) is 30.3 Å². The molecule has 4 heteroatoms. The minimum atomic E-state index is -0.391. The van der Waals surface area contributed by atoms with Crippen LogP contribution in [-0.2, 0) is 16.0 Å². The molecule has 2 aliphatic rings. The van der Waals surface area contributed by atoms with E-state index < -0.39 is 5.54 Å². The van der Waals surface area contributed by atoms with Gasteiger partial charge in [-0.1, -0.05) is 37.3 Å². The number of morpholine rings is 1. The van der Waals surface area contributed by atoms with E-state index in [1.165, 1.54) is 5.56 Å². The third-order valence-corrected chi connectivity index (χ3v) is 6.87. The van der Waals surface area contributed by atoms with Crippen LogP contribution in [0.1, 0.15) is 44.6 Å². The monoisotopic (exact) mass is 372 g/mol. The topological polar surface area (TPSA) is 32.8 Å². The van der Waals surface area contributed by atoms with Crippen molar-refractivity contribution in [2.24, 2.45) is 5.92 Å². The van der Waals surface area contributed by atoms with Crippen molar-refractivity contribution in [3.63, 3.8) is 0 Å². The number of hydrogen-bond acceptors (Lipinski definition) is 4. The fourth-order valence-electron chi connectivity index (χ4n) is 5.04. The molecule has 1 aromatic carbocycles. The first-order valence-corrected chi connectivity index (χ1v) is 10.6. The molecule has 150 valence electrons. The summed E-state index contributed by atoms with van der Waals surface area (Å²) in [7, 11) is 4.15. The number of benzene rings is 1. The van der Waals surface area contributed by atoms with Crippen molar-refractivity contribution < 1.29 is 9.53 Å². The first-order valence-electron chi connectivity index (χ1n) is 10.6.